The molecular formula is C22H29ClN4O3. The van der Waals surface area contributed by atoms with E-state index in [0.717, 1.165) is 70.8 Å². The molecule has 30 heavy (non-hydrogen) atoms. The van der Waals surface area contributed by atoms with Gasteiger partial charge in [-0.05, 0) is 49.4 Å². The molecule has 2 aliphatic rings. The smallest absolute Gasteiger partial charge is 0.226 e. The summed E-state index contributed by atoms with van der Waals surface area (Å²) in [6, 6.07) is 7.33. The fourth-order valence-electron chi connectivity index (χ4n) is 4.14. The van der Waals surface area contributed by atoms with Crippen molar-refractivity contribution in [2.45, 2.75) is 32.1 Å². The van der Waals surface area contributed by atoms with Crippen molar-refractivity contribution in [3.05, 3.63) is 35.2 Å². The number of ether oxygens (including phenoxy) is 1. The van der Waals surface area contributed by atoms with Gasteiger partial charge in [-0.15, -0.1) is 0 Å². The minimum absolute atomic E-state index is 0.234. The van der Waals surface area contributed by atoms with Crippen LogP contribution in [0.5, 0.6) is 0 Å². The summed E-state index contributed by atoms with van der Waals surface area (Å²) in [5.74, 6) is 2.04. The largest absolute Gasteiger partial charge is 0.379 e. The number of nitrogens with zero attached hydrogens (tertiary/aromatic N) is 4. The lowest BCUT2D eigenvalue weighted by Gasteiger charge is -2.36. The van der Waals surface area contributed by atoms with Crippen LogP contribution in [0.15, 0.2) is 28.8 Å². The maximum absolute atomic E-state index is 12.6. The van der Waals surface area contributed by atoms with Crippen LogP contribution in [0.25, 0.3) is 11.4 Å². The summed E-state index contributed by atoms with van der Waals surface area (Å²) in [6.45, 7) is 6.64. The lowest BCUT2D eigenvalue weighted by Crippen LogP contribution is -2.44. The zero-order chi connectivity index (χ0) is 20.8. The summed E-state index contributed by atoms with van der Waals surface area (Å²) in [4.78, 5) is 21.5. The van der Waals surface area contributed by atoms with E-state index < -0.39 is 0 Å². The predicted octanol–water partition coefficient (Wildman–Crippen LogP) is 3.28. The number of halogens is 1. The van der Waals surface area contributed by atoms with Gasteiger partial charge in [-0.1, -0.05) is 16.8 Å². The van der Waals surface area contributed by atoms with Crippen molar-refractivity contribution >= 4 is 17.5 Å². The normalized spacial score (nSPS) is 18.6. The quantitative estimate of drug-likeness (QED) is 0.668. The second-order valence-electron chi connectivity index (χ2n) is 8.11. The second kappa shape index (κ2) is 10.4. The molecule has 2 aliphatic heterocycles. The van der Waals surface area contributed by atoms with Crippen molar-refractivity contribution in [3.63, 3.8) is 0 Å². The number of hydrogen-bond acceptors (Lipinski definition) is 6. The Morgan fingerprint density at radius 1 is 1.10 bits per heavy atom. The van der Waals surface area contributed by atoms with E-state index in [1.165, 1.54) is 0 Å². The molecule has 2 fully saturated rings. The van der Waals surface area contributed by atoms with Crippen LogP contribution in [0, 0.1) is 5.92 Å². The van der Waals surface area contributed by atoms with Gasteiger partial charge in [0.25, 0.3) is 0 Å². The zero-order valence-electron chi connectivity index (χ0n) is 17.3. The molecule has 0 N–H and O–H groups in total. The Hall–Kier alpha value is -1.96. The van der Waals surface area contributed by atoms with Gasteiger partial charge < -0.3 is 14.2 Å². The van der Waals surface area contributed by atoms with Crippen LogP contribution in [0.3, 0.4) is 0 Å². The molecular weight excluding hydrogens is 404 g/mol. The summed E-state index contributed by atoms with van der Waals surface area (Å²) in [5.41, 5.74) is 0.866. The molecule has 8 heteroatoms. The van der Waals surface area contributed by atoms with E-state index in [2.05, 4.69) is 15.0 Å². The molecule has 0 bridgehead atoms. The SMILES string of the molecule is O=C(CCCc1nc(-c2ccc(Cl)cc2)no1)N1CCC(CN2CCOCC2)CC1. The molecule has 162 valence electrons. The molecule has 4 rings (SSSR count). The number of amides is 1. The van der Waals surface area contributed by atoms with Gasteiger partial charge in [0.15, 0.2) is 0 Å². The first-order valence-electron chi connectivity index (χ1n) is 10.8. The molecule has 2 aromatic rings. The van der Waals surface area contributed by atoms with Crippen LogP contribution in [-0.2, 0) is 16.0 Å². The number of morpholine rings is 1. The van der Waals surface area contributed by atoms with Crippen molar-refractivity contribution in [1.29, 1.82) is 0 Å². The number of aryl methyl sites for hydroxylation is 1. The molecule has 1 amide bonds. The summed E-state index contributed by atoms with van der Waals surface area (Å²) in [7, 11) is 0. The maximum Gasteiger partial charge on any atom is 0.226 e. The summed E-state index contributed by atoms with van der Waals surface area (Å²) in [6.07, 6.45) is 4.04. The fourth-order valence-corrected chi connectivity index (χ4v) is 4.26. The van der Waals surface area contributed by atoms with Crippen molar-refractivity contribution in [1.82, 2.24) is 19.9 Å². The van der Waals surface area contributed by atoms with Gasteiger partial charge in [0, 0.05) is 56.2 Å². The van der Waals surface area contributed by atoms with Crippen molar-refractivity contribution in [2.75, 3.05) is 45.9 Å². The Morgan fingerprint density at radius 3 is 2.57 bits per heavy atom. The van der Waals surface area contributed by atoms with Crippen molar-refractivity contribution in [2.24, 2.45) is 5.92 Å². The Morgan fingerprint density at radius 2 is 1.83 bits per heavy atom. The van der Waals surface area contributed by atoms with E-state index in [1.54, 1.807) is 12.1 Å². The van der Waals surface area contributed by atoms with Crippen LogP contribution in [-0.4, -0.2) is 71.8 Å². The number of aromatic nitrogens is 2. The van der Waals surface area contributed by atoms with Gasteiger partial charge in [0.1, 0.15) is 0 Å². The monoisotopic (exact) mass is 432 g/mol. The highest BCUT2D eigenvalue weighted by atomic mass is 35.5. The van der Waals surface area contributed by atoms with Gasteiger partial charge in [-0.3, -0.25) is 9.69 Å². The molecule has 3 heterocycles. The zero-order valence-corrected chi connectivity index (χ0v) is 18.0. The number of benzene rings is 1. The Balaban J connectivity index is 1.16. The van der Waals surface area contributed by atoms with Gasteiger partial charge in [0.05, 0.1) is 13.2 Å². The average molecular weight is 433 g/mol. The highest BCUT2D eigenvalue weighted by Gasteiger charge is 2.24. The number of rotatable bonds is 7. The third-order valence-electron chi connectivity index (χ3n) is 5.94. The number of piperidine rings is 1. The third-order valence-corrected chi connectivity index (χ3v) is 6.19. The summed E-state index contributed by atoms with van der Waals surface area (Å²) >= 11 is 5.91. The Labute approximate surface area is 182 Å². The van der Waals surface area contributed by atoms with E-state index in [9.17, 15) is 4.79 Å². The van der Waals surface area contributed by atoms with Crippen LogP contribution >= 0.6 is 11.6 Å². The predicted molar refractivity (Wildman–Crippen MR) is 114 cm³/mol. The van der Waals surface area contributed by atoms with E-state index >= 15 is 0 Å². The van der Waals surface area contributed by atoms with E-state index in [-0.39, 0.29) is 5.91 Å². The first kappa shape index (κ1) is 21.3. The van der Waals surface area contributed by atoms with Gasteiger partial charge >= 0.3 is 0 Å². The summed E-state index contributed by atoms with van der Waals surface area (Å²) in [5, 5.41) is 4.70. The maximum atomic E-state index is 12.6. The molecule has 1 aromatic carbocycles. The average Bonchev–Trinajstić information content (AvgIpc) is 3.24. The molecule has 0 radical (unpaired) electrons. The number of carbonyl (C=O) groups excluding carboxylic acids is 1. The lowest BCUT2D eigenvalue weighted by molar-refractivity contribution is -0.132. The van der Waals surface area contributed by atoms with E-state index in [1.807, 2.05) is 17.0 Å². The molecule has 0 saturated carbocycles. The van der Waals surface area contributed by atoms with Crippen LogP contribution in [0.2, 0.25) is 5.02 Å². The molecule has 7 nitrogen and oxygen atoms in total. The minimum atomic E-state index is 0.234. The Kier molecular flexibility index (Phi) is 7.36. The number of hydrogen-bond donors (Lipinski definition) is 0. The topological polar surface area (TPSA) is 71.7 Å². The Bertz CT molecular complexity index is 812. The first-order chi connectivity index (χ1) is 14.7. The molecule has 2 saturated heterocycles. The molecule has 0 aliphatic carbocycles. The minimum Gasteiger partial charge on any atom is -0.379 e. The van der Waals surface area contributed by atoms with Crippen molar-refractivity contribution < 1.29 is 14.1 Å². The molecule has 1 aromatic heterocycles. The van der Waals surface area contributed by atoms with Crippen molar-refractivity contribution in [3.8, 4) is 11.4 Å². The second-order valence-corrected chi connectivity index (χ2v) is 8.55. The highest BCUT2D eigenvalue weighted by Crippen LogP contribution is 2.21. The third kappa shape index (κ3) is 5.80. The molecule has 0 spiro atoms. The lowest BCUT2D eigenvalue weighted by atomic mass is 9.95. The van der Waals surface area contributed by atoms with Crippen LogP contribution < -0.4 is 0 Å². The highest BCUT2D eigenvalue weighted by molar-refractivity contribution is 6.30. The van der Waals surface area contributed by atoms with Gasteiger partial charge in [-0.25, -0.2) is 0 Å². The number of carbonyl (C=O) groups is 1. The molecule has 0 atom stereocenters. The summed E-state index contributed by atoms with van der Waals surface area (Å²) < 4.78 is 10.8. The van der Waals surface area contributed by atoms with Gasteiger partial charge in [-0.2, -0.15) is 4.98 Å². The molecule has 0 unspecified atom stereocenters. The fraction of sp³-hybridized carbons (Fsp3) is 0.591. The van der Waals surface area contributed by atoms with Crippen LogP contribution in [0.4, 0.5) is 0 Å². The van der Waals surface area contributed by atoms with E-state index in [4.69, 9.17) is 20.9 Å². The van der Waals surface area contributed by atoms with E-state index in [0.29, 0.717) is 35.5 Å². The first-order valence-corrected chi connectivity index (χ1v) is 11.2. The van der Waals surface area contributed by atoms with Crippen LogP contribution in [0.1, 0.15) is 31.6 Å². The standard InChI is InChI=1S/C22H29ClN4O3/c23-19-6-4-18(5-7-19)22-24-20(30-25-22)2-1-3-21(28)27-10-8-17(9-11-27)16-26-12-14-29-15-13-26/h4-7,17H,1-3,8-16H2. The number of likely N-dealkylation sites (tertiary alicyclic amines) is 1. The van der Waals surface area contributed by atoms with Gasteiger partial charge in [0.2, 0.25) is 17.6 Å².